The Morgan fingerprint density at radius 1 is 1.42 bits per heavy atom. The minimum absolute atomic E-state index is 0.294. The third-order valence-corrected chi connectivity index (χ3v) is 4.34. The highest BCUT2D eigenvalue weighted by atomic mass is 35.5. The van der Waals surface area contributed by atoms with E-state index in [0.717, 1.165) is 5.69 Å². The van der Waals surface area contributed by atoms with E-state index in [1.807, 2.05) is 30.8 Å². The van der Waals surface area contributed by atoms with Crippen LogP contribution >= 0.6 is 11.6 Å². The number of benzene rings is 1. The molecule has 1 aromatic carbocycles. The average molecular weight is 298 g/mol. The predicted octanol–water partition coefficient (Wildman–Crippen LogP) is 3.01. The molecule has 1 heterocycles. The molecule has 1 unspecified atom stereocenters. The van der Waals surface area contributed by atoms with Gasteiger partial charge in [0.2, 0.25) is 0 Å². The second-order valence-electron chi connectivity index (χ2n) is 4.55. The highest BCUT2D eigenvalue weighted by molar-refractivity contribution is 7.84. The largest absolute Gasteiger partial charge is 0.398 e. The summed E-state index contributed by atoms with van der Waals surface area (Å²) in [4.78, 5) is 0.600. The van der Waals surface area contributed by atoms with Crippen LogP contribution in [0.2, 0.25) is 5.02 Å². The van der Waals surface area contributed by atoms with Crippen molar-refractivity contribution in [1.29, 1.82) is 0 Å². The summed E-state index contributed by atoms with van der Waals surface area (Å²) in [6.45, 7) is 4.09. The Bertz CT molecular complexity index is 610. The lowest BCUT2D eigenvalue weighted by Gasteiger charge is -2.06. The molecule has 1 aromatic heterocycles. The first-order chi connectivity index (χ1) is 8.97. The van der Waals surface area contributed by atoms with Gasteiger partial charge in [0.1, 0.15) is 0 Å². The van der Waals surface area contributed by atoms with Crippen molar-refractivity contribution in [3.63, 3.8) is 0 Å². The Balaban J connectivity index is 2.16. The standard InChI is InChI=1S/C13H16ClN3OS/c1-9(2)17-6-5-11(16-17)8-19(18)13-4-3-10(14)7-12(13)15/h3-7,9H,8,15H2,1-2H3. The molecule has 102 valence electrons. The van der Waals surface area contributed by atoms with Crippen LogP contribution in [0.1, 0.15) is 25.6 Å². The first-order valence-electron chi connectivity index (χ1n) is 5.95. The van der Waals surface area contributed by atoms with Crippen LogP contribution in [0.4, 0.5) is 5.69 Å². The second-order valence-corrected chi connectivity index (χ2v) is 6.41. The maximum Gasteiger partial charge on any atom is 0.0753 e. The molecule has 1 atom stereocenters. The molecule has 2 aromatic rings. The van der Waals surface area contributed by atoms with Crippen LogP contribution in [-0.4, -0.2) is 14.0 Å². The van der Waals surface area contributed by atoms with Crippen LogP contribution in [0.25, 0.3) is 0 Å². The molecular formula is C13H16ClN3OS. The quantitative estimate of drug-likeness (QED) is 0.883. The van der Waals surface area contributed by atoms with Gasteiger partial charge in [0, 0.05) is 22.9 Å². The molecule has 2 N–H and O–H groups in total. The SMILES string of the molecule is CC(C)n1ccc(CS(=O)c2ccc(Cl)cc2N)n1. The molecule has 4 nitrogen and oxygen atoms in total. The first-order valence-corrected chi connectivity index (χ1v) is 7.64. The number of halogens is 1. The molecule has 0 aliphatic carbocycles. The van der Waals surface area contributed by atoms with Crippen molar-refractivity contribution >= 4 is 28.1 Å². The number of rotatable bonds is 4. The molecule has 19 heavy (non-hydrogen) atoms. The molecule has 0 saturated carbocycles. The Hall–Kier alpha value is -1.33. The van der Waals surface area contributed by atoms with E-state index in [4.69, 9.17) is 17.3 Å². The normalized spacial score (nSPS) is 12.8. The summed E-state index contributed by atoms with van der Waals surface area (Å²) in [6.07, 6.45) is 1.89. The lowest BCUT2D eigenvalue weighted by atomic mass is 10.3. The topological polar surface area (TPSA) is 60.9 Å². The lowest BCUT2D eigenvalue weighted by molar-refractivity contribution is 0.528. The van der Waals surface area contributed by atoms with Crippen molar-refractivity contribution in [2.24, 2.45) is 0 Å². The highest BCUT2D eigenvalue weighted by Crippen LogP contribution is 2.22. The molecule has 0 aliphatic heterocycles. The highest BCUT2D eigenvalue weighted by Gasteiger charge is 2.11. The average Bonchev–Trinajstić information content (AvgIpc) is 2.77. The molecular weight excluding hydrogens is 282 g/mol. The number of nitrogens with two attached hydrogens (primary N) is 1. The molecule has 0 bridgehead atoms. The van der Waals surface area contributed by atoms with E-state index in [1.165, 1.54) is 0 Å². The fourth-order valence-electron chi connectivity index (χ4n) is 1.68. The van der Waals surface area contributed by atoms with Crippen molar-refractivity contribution in [2.75, 3.05) is 5.73 Å². The van der Waals surface area contributed by atoms with E-state index in [-0.39, 0.29) is 0 Å². The molecule has 2 rings (SSSR count). The van der Waals surface area contributed by atoms with E-state index in [0.29, 0.717) is 27.4 Å². The monoisotopic (exact) mass is 297 g/mol. The summed E-state index contributed by atoms with van der Waals surface area (Å²) in [5, 5.41) is 4.92. The predicted molar refractivity (Wildman–Crippen MR) is 78.6 cm³/mol. The Kier molecular flexibility index (Phi) is 4.27. The molecule has 0 aliphatic rings. The van der Waals surface area contributed by atoms with Crippen LogP contribution in [0.3, 0.4) is 0 Å². The van der Waals surface area contributed by atoms with Gasteiger partial charge in [0.05, 0.1) is 27.1 Å². The van der Waals surface area contributed by atoms with Gasteiger partial charge in [-0.3, -0.25) is 8.89 Å². The van der Waals surface area contributed by atoms with Crippen molar-refractivity contribution in [3.05, 3.63) is 41.2 Å². The number of nitrogen functional groups attached to an aromatic ring is 1. The zero-order valence-corrected chi connectivity index (χ0v) is 12.4. The van der Waals surface area contributed by atoms with Gasteiger partial charge in [-0.05, 0) is 38.1 Å². The molecule has 0 spiro atoms. The van der Waals surface area contributed by atoms with Gasteiger partial charge in [0.25, 0.3) is 0 Å². The Morgan fingerprint density at radius 2 is 2.16 bits per heavy atom. The maximum absolute atomic E-state index is 12.3. The van der Waals surface area contributed by atoms with Crippen molar-refractivity contribution in [2.45, 2.75) is 30.5 Å². The van der Waals surface area contributed by atoms with Crippen molar-refractivity contribution in [3.8, 4) is 0 Å². The van der Waals surface area contributed by atoms with Crippen molar-refractivity contribution in [1.82, 2.24) is 9.78 Å². The van der Waals surface area contributed by atoms with E-state index in [1.54, 1.807) is 18.2 Å². The summed E-state index contributed by atoms with van der Waals surface area (Å²) in [5.74, 6) is 0.353. The fourth-order valence-corrected chi connectivity index (χ4v) is 2.98. The number of nitrogens with zero attached hydrogens (tertiary/aromatic N) is 2. The third-order valence-electron chi connectivity index (χ3n) is 2.69. The lowest BCUT2D eigenvalue weighted by Crippen LogP contribution is -2.04. The number of hydrogen-bond acceptors (Lipinski definition) is 3. The number of anilines is 1. The van der Waals surface area contributed by atoms with Crippen LogP contribution < -0.4 is 5.73 Å². The van der Waals surface area contributed by atoms with Gasteiger partial charge in [-0.15, -0.1) is 0 Å². The van der Waals surface area contributed by atoms with Crippen LogP contribution in [0, 0.1) is 0 Å². The van der Waals surface area contributed by atoms with E-state index in [9.17, 15) is 4.21 Å². The molecule has 0 radical (unpaired) electrons. The molecule has 6 heteroatoms. The Morgan fingerprint density at radius 3 is 2.74 bits per heavy atom. The van der Waals surface area contributed by atoms with Gasteiger partial charge >= 0.3 is 0 Å². The van der Waals surface area contributed by atoms with Crippen LogP contribution in [-0.2, 0) is 16.6 Å². The summed E-state index contributed by atoms with van der Waals surface area (Å²) in [7, 11) is -1.21. The van der Waals surface area contributed by atoms with Crippen LogP contribution in [0.15, 0.2) is 35.4 Å². The maximum atomic E-state index is 12.3. The van der Waals surface area contributed by atoms with Gasteiger partial charge in [-0.25, -0.2) is 0 Å². The summed E-state index contributed by atoms with van der Waals surface area (Å²) in [5.41, 5.74) is 7.07. The smallest absolute Gasteiger partial charge is 0.0753 e. The van der Waals surface area contributed by atoms with E-state index < -0.39 is 10.8 Å². The zero-order valence-electron chi connectivity index (χ0n) is 10.8. The summed E-state index contributed by atoms with van der Waals surface area (Å²) < 4.78 is 14.1. The zero-order chi connectivity index (χ0) is 14.0. The van der Waals surface area contributed by atoms with E-state index in [2.05, 4.69) is 5.10 Å². The van der Waals surface area contributed by atoms with Gasteiger partial charge in [-0.2, -0.15) is 5.10 Å². The van der Waals surface area contributed by atoms with Gasteiger partial charge in [-0.1, -0.05) is 11.6 Å². The third kappa shape index (κ3) is 3.36. The molecule has 0 amide bonds. The second kappa shape index (κ2) is 5.75. The number of hydrogen-bond donors (Lipinski definition) is 1. The summed E-state index contributed by atoms with van der Waals surface area (Å²) >= 11 is 5.83. The number of aromatic nitrogens is 2. The van der Waals surface area contributed by atoms with E-state index >= 15 is 0 Å². The minimum Gasteiger partial charge on any atom is -0.398 e. The summed E-state index contributed by atoms with van der Waals surface area (Å²) in [6, 6.07) is 7.18. The van der Waals surface area contributed by atoms with Crippen LogP contribution in [0.5, 0.6) is 0 Å². The first kappa shape index (κ1) is 14.1. The fraction of sp³-hybridized carbons (Fsp3) is 0.308. The molecule has 0 fully saturated rings. The van der Waals surface area contributed by atoms with Gasteiger partial charge in [0.15, 0.2) is 0 Å². The van der Waals surface area contributed by atoms with Crippen molar-refractivity contribution < 1.29 is 4.21 Å². The van der Waals surface area contributed by atoms with Gasteiger partial charge < -0.3 is 5.73 Å². The Labute approximate surface area is 120 Å². The minimum atomic E-state index is -1.21. The molecule has 0 saturated heterocycles.